The molecule has 0 aliphatic carbocycles. The highest BCUT2D eigenvalue weighted by Crippen LogP contribution is 2.34. The van der Waals surface area contributed by atoms with E-state index < -0.39 is 5.97 Å². The second-order valence-corrected chi connectivity index (χ2v) is 6.47. The summed E-state index contributed by atoms with van der Waals surface area (Å²) in [7, 11) is 0. The predicted octanol–water partition coefficient (Wildman–Crippen LogP) is 4.24. The van der Waals surface area contributed by atoms with E-state index in [4.69, 9.17) is 0 Å². The second kappa shape index (κ2) is 6.36. The first-order valence-corrected chi connectivity index (χ1v) is 7.64. The highest BCUT2D eigenvalue weighted by Gasteiger charge is 2.18. The SMILES string of the molecule is CSc1cccc(SC(C)C(C)C)c1C(=O)O. The maximum atomic E-state index is 11.3. The predicted molar refractivity (Wildman–Crippen MR) is 75.3 cm³/mol. The molecular formula is C13H18O2S2. The van der Waals surface area contributed by atoms with Crippen LogP contribution in [0, 0.1) is 5.92 Å². The lowest BCUT2D eigenvalue weighted by molar-refractivity contribution is 0.0689. The van der Waals surface area contributed by atoms with Crippen LogP contribution in [0.25, 0.3) is 0 Å². The molecule has 0 bridgehead atoms. The Kier molecular flexibility index (Phi) is 5.40. The Morgan fingerprint density at radius 3 is 2.29 bits per heavy atom. The summed E-state index contributed by atoms with van der Waals surface area (Å²) in [4.78, 5) is 13.0. The number of rotatable bonds is 5. The Bertz CT molecular complexity index is 402. The van der Waals surface area contributed by atoms with E-state index in [2.05, 4.69) is 20.8 Å². The van der Waals surface area contributed by atoms with Gasteiger partial charge in [0.25, 0.3) is 0 Å². The highest BCUT2D eigenvalue weighted by atomic mass is 32.2. The van der Waals surface area contributed by atoms with Gasteiger partial charge in [0, 0.05) is 15.0 Å². The minimum Gasteiger partial charge on any atom is -0.478 e. The minimum atomic E-state index is -0.839. The Labute approximate surface area is 111 Å². The van der Waals surface area contributed by atoms with Crippen LogP contribution in [0.1, 0.15) is 31.1 Å². The van der Waals surface area contributed by atoms with Crippen LogP contribution in [-0.4, -0.2) is 22.6 Å². The zero-order chi connectivity index (χ0) is 13.0. The van der Waals surface area contributed by atoms with Crippen LogP contribution in [0.2, 0.25) is 0 Å². The van der Waals surface area contributed by atoms with Crippen molar-refractivity contribution < 1.29 is 9.90 Å². The molecule has 0 saturated carbocycles. The first kappa shape index (κ1) is 14.5. The zero-order valence-electron chi connectivity index (χ0n) is 10.6. The first-order chi connectivity index (χ1) is 7.97. The van der Waals surface area contributed by atoms with Gasteiger partial charge in [0.15, 0.2) is 0 Å². The van der Waals surface area contributed by atoms with E-state index in [1.165, 1.54) is 11.8 Å². The van der Waals surface area contributed by atoms with Gasteiger partial charge in [-0.2, -0.15) is 0 Å². The lowest BCUT2D eigenvalue weighted by Gasteiger charge is -2.17. The number of aromatic carboxylic acids is 1. The van der Waals surface area contributed by atoms with Crippen molar-refractivity contribution in [1.82, 2.24) is 0 Å². The van der Waals surface area contributed by atoms with Crippen LogP contribution >= 0.6 is 23.5 Å². The van der Waals surface area contributed by atoms with E-state index in [-0.39, 0.29) is 0 Å². The van der Waals surface area contributed by atoms with Crippen molar-refractivity contribution in [3.63, 3.8) is 0 Å². The Hall–Kier alpha value is -0.610. The molecule has 0 amide bonds. The third-order valence-electron chi connectivity index (χ3n) is 2.67. The largest absolute Gasteiger partial charge is 0.478 e. The molecule has 0 aliphatic heterocycles. The first-order valence-electron chi connectivity index (χ1n) is 5.54. The molecule has 1 aromatic carbocycles. The molecule has 0 fully saturated rings. The quantitative estimate of drug-likeness (QED) is 0.812. The van der Waals surface area contributed by atoms with Crippen LogP contribution in [0.15, 0.2) is 28.0 Å². The van der Waals surface area contributed by atoms with Crippen LogP contribution in [0.4, 0.5) is 0 Å². The number of hydrogen-bond donors (Lipinski definition) is 1. The summed E-state index contributed by atoms with van der Waals surface area (Å²) in [6.45, 7) is 6.43. The molecule has 0 radical (unpaired) electrons. The number of hydrogen-bond acceptors (Lipinski definition) is 3. The molecule has 0 heterocycles. The van der Waals surface area contributed by atoms with Gasteiger partial charge in [0.05, 0.1) is 5.56 Å². The van der Waals surface area contributed by atoms with Gasteiger partial charge in [0.2, 0.25) is 0 Å². The summed E-state index contributed by atoms with van der Waals surface area (Å²) in [6, 6.07) is 5.68. The van der Waals surface area contributed by atoms with Crippen molar-refractivity contribution in [3.8, 4) is 0 Å². The molecule has 94 valence electrons. The molecule has 0 aromatic heterocycles. The monoisotopic (exact) mass is 270 g/mol. The lowest BCUT2D eigenvalue weighted by atomic mass is 10.2. The number of thioether (sulfide) groups is 2. The van der Waals surface area contributed by atoms with Crippen molar-refractivity contribution >= 4 is 29.5 Å². The van der Waals surface area contributed by atoms with Gasteiger partial charge < -0.3 is 5.11 Å². The zero-order valence-corrected chi connectivity index (χ0v) is 12.2. The van der Waals surface area contributed by atoms with E-state index >= 15 is 0 Å². The highest BCUT2D eigenvalue weighted by molar-refractivity contribution is 8.00. The average Bonchev–Trinajstić information content (AvgIpc) is 2.27. The third kappa shape index (κ3) is 3.68. The minimum absolute atomic E-state index is 0.408. The Morgan fingerprint density at radius 1 is 1.24 bits per heavy atom. The lowest BCUT2D eigenvalue weighted by Crippen LogP contribution is -2.08. The van der Waals surface area contributed by atoms with Crippen LogP contribution in [0.5, 0.6) is 0 Å². The maximum absolute atomic E-state index is 11.3. The van der Waals surface area contributed by atoms with Gasteiger partial charge in [-0.05, 0) is 24.3 Å². The van der Waals surface area contributed by atoms with Crippen molar-refractivity contribution in [2.75, 3.05) is 6.26 Å². The van der Waals surface area contributed by atoms with Gasteiger partial charge in [-0.1, -0.05) is 26.8 Å². The molecule has 4 heteroatoms. The molecule has 1 rings (SSSR count). The molecule has 17 heavy (non-hydrogen) atoms. The van der Waals surface area contributed by atoms with E-state index in [0.29, 0.717) is 16.7 Å². The Balaban J connectivity index is 3.10. The number of carboxylic acids is 1. The molecule has 0 saturated heterocycles. The Morgan fingerprint density at radius 2 is 1.82 bits per heavy atom. The van der Waals surface area contributed by atoms with Crippen molar-refractivity contribution in [2.45, 2.75) is 35.8 Å². The van der Waals surface area contributed by atoms with Gasteiger partial charge in [-0.25, -0.2) is 4.79 Å². The van der Waals surface area contributed by atoms with E-state index in [0.717, 1.165) is 9.79 Å². The molecule has 1 unspecified atom stereocenters. The summed E-state index contributed by atoms with van der Waals surface area (Å²) >= 11 is 3.12. The van der Waals surface area contributed by atoms with Crippen LogP contribution in [0.3, 0.4) is 0 Å². The summed E-state index contributed by atoms with van der Waals surface area (Å²) in [5.41, 5.74) is 0.442. The smallest absolute Gasteiger partial charge is 0.337 e. The van der Waals surface area contributed by atoms with E-state index in [9.17, 15) is 9.90 Å². The topological polar surface area (TPSA) is 37.3 Å². The fourth-order valence-electron chi connectivity index (χ4n) is 1.33. The summed E-state index contributed by atoms with van der Waals surface area (Å²) in [5.74, 6) is -0.312. The molecule has 2 nitrogen and oxygen atoms in total. The maximum Gasteiger partial charge on any atom is 0.337 e. The van der Waals surface area contributed by atoms with Crippen molar-refractivity contribution in [3.05, 3.63) is 23.8 Å². The van der Waals surface area contributed by atoms with E-state index in [1.54, 1.807) is 11.8 Å². The molecule has 0 aliphatic rings. The number of benzene rings is 1. The van der Waals surface area contributed by atoms with Crippen molar-refractivity contribution in [1.29, 1.82) is 0 Å². The molecule has 1 aromatic rings. The van der Waals surface area contributed by atoms with Crippen molar-refractivity contribution in [2.24, 2.45) is 5.92 Å². The van der Waals surface area contributed by atoms with Gasteiger partial charge in [0.1, 0.15) is 0 Å². The van der Waals surface area contributed by atoms with Crippen LogP contribution in [-0.2, 0) is 0 Å². The summed E-state index contributed by atoms with van der Waals surface area (Å²) in [6.07, 6.45) is 1.90. The standard InChI is InChI=1S/C13H18O2S2/c1-8(2)9(3)17-11-7-5-6-10(16-4)12(11)13(14)15/h5-9H,1-4H3,(H,14,15). The third-order valence-corrected chi connectivity index (χ3v) is 4.96. The molecular weight excluding hydrogens is 252 g/mol. The number of carboxylic acid groups (broad SMARTS) is 1. The molecule has 0 spiro atoms. The van der Waals surface area contributed by atoms with E-state index in [1.807, 2.05) is 24.5 Å². The fraction of sp³-hybridized carbons (Fsp3) is 0.462. The van der Waals surface area contributed by atoms with Crippen LogP contribution < -0.4 is 0 Å². The van der Waals surface area contributed by atoms with Gasteiger partial charge in [-0.15, -0.1) is 23.5 Å². The second-order valence-electron chi connectivity index (χ2n) is 4.21. The summed E-state index contributed by atoms with van der Waals surface area (Å²) in [5, 5.41) is 9.71. The summed E-state index contributed by atoms with van der Waals surface area (Å²) < 4.78 is 0. The molecule has 1 N–H and O–H groups in total. The van der Waals surface area contributed by atoms with Gasteiger partial charge in [-0.3, -0.25) is 0 Å². The molecule has 1 atom stereocenters. The normalized spacial score (nSPS) is 12.8. The fourth-order valence-corrected chi connectivity index (χ4v) is 3.15. The van der Waals surface area contributed by atoms with Gasteiger partial charge >= 0.3 is 5.97 Å². The number of carbonyl (C=O) groups is 1. The average molecular weight is 270 g/mol.